The highest BCUT2D eigenvalue weighted by Crippen LogP contribution is 2.33. The molecule has 1 saturated carbocycles. The molecular formula is C23H22ClF3N2O3S. The SMILES string of the molecule is O=S(=O)(c1ccc(CNC2CCC(Oc3cc4ccncc4cc3Cl)CC2)cc1)C(F)(F)F. The zero-order chi connectivity index (χ0) is 23.6. The number of sulfone groups is 1. The molecule has 0 saturated heterocycles. The van der Waals surface area contributed by atoms with Gasteiger partial charge in [-0.25, -0.2) is 8.42 Å². The van der Waals surface area contributed by atoms with Gasteiger partial charge in [0.25, 0.3) is 9.84 Å². The molecule has 1 aliphatic carbocycles. The molecule has 1 aliphatic rings. The topological polar surface area (TPSA) is 68.3 Å². The summed E-state index contributed by atoms with van der Waals surface area (Å²) in [6, 6.07) is 10.7. The fraction of sp³-hybridized carbons (Fsp3) is 0.348. The van der Waals surface area contributed by atoms with Crippen LogP contribution >= 0.6 is 11.6 Å². The van der Waals surface area contributed by atoms with Gasteiger partial charge >= 0.3 is 5.51 Å². The van der Waals surface area contributed by atoms with Crippen LogP contribution in [0.2, 0.25) is 5.02 Å². The first kappa shape index (κ1) is 23.8. The number of ether oxygens (including phenoxy) is 1. The molecule has 10 heteroatoms. The van der Waals surface area contributed by atoms with Crippen LogP contribution < -0.4 is 10.1 Å². The Morgan fingerprint density at radius 3 is 2.39 bits per heavy atom. The van der Waals surface area contributed by atoms with Gasteiger partial charge in [-0.05, 0) is 67.0 Å². The first-order valence-corrected chi connectivity index (χ1v) is 12.3. The predicted molar refractivity (Wildman–Crippen MR) is 120 cm³/mol. The van der Waals surface area contributed by atoms with Crippen LogP contribution in [0.15, 0.2) is 59.8 Å². The second kappa shape index (κ2) is 9.48. The van der Waals surface area contributed by atoms with Gasteiger partial charge in [0.15, 0.2) is 0 Å². The first-order chi connectivity index (χ1) is 15.6. The summed E-state index contributed by atoms with van der Waals surface area (Å²) in [7, 11) is -5.32. The van der Waals surface area contributed by atoms with Crippen molar-refractivity contribution in [2.45, 2.75) is 54.8 Å². The van der Waals surface area contributed by atoms with Crippen LogP contribution in [0.1, 0.15) is 31.2 Å². The number of aromatic nitrogens is 1. The largest absolute Gasteiger partial charge is 0.501 e. The van der Waals surface area contributed by atoms with E-state index in [1.54, 1.807) is 12.4 Å². The third kappa shape index (κ3) is 5.42. The van der Waals surface area contributed by atoms with Crippen molar-refractivity contribution in [2.24, 2.45) is 0 Å². The van der Waals surface area contributed by atoms with Gasteiger partial charge < -0.3 is 10.1 Å². The van der Waals surface area contributed by atoms with Gasteiger partial charge in [0, 0.05) is 30.4 Å². The molecule has 5 nitrogen and oxygen atoms in total. The first-order valence-electron chi connectivity index (χ1n) is 10.5. The van der Waals surface area contributed by atoms with Gasteiger partial charge in [0.2, 0.25) is 0 Å². The molecule has 33 heavy (non-hydrogen) atoms. The molecule has 1 N–H and O–H groups in total. The van der Waals surface area contributed by atoms with Crippen molar-refractivity contribution in [2.75, 3.05) is 0 Å². The maximum Gasteiger partial charge on any atom is 0.501 e. The number of rotatable bonds is 6. The molecule has 2 aromatic carbocycles. The predicted octanol–water partition coefficient (Wildman–Crippen LogP) is 5.66. The van der Waals surface area contributed by atoms with Crippen LogP contribution in [0.4, 0.5) is 13.2 Å². The van der Waals surface area contributed by atoms with E-state index in [1.165, 1.54) is 12.1 Å². The summed E-state index contributed by atoms with van der Waals surface area (Å²) in [4.78, 5) is 3.34. The van der Waals surface area contributed by atoms with Gasteiger partial charge in [0.1, 0.15) is 5.75 Å². The zero-order valence-corrected chi connectivity index (χ0v) is 19.1. The Balaban J connectivity index is 1.28. The number of pyridine rings is 1. The second-order valence-electron chi connectivity index (χ2n) is 8.07. The van der Waals surface area contributed by atoms with E-state index in [0.29, 0.717) is 22.9 Å². The standard InChI is InChI=1S/C23H22ClF3N2O3S/c24-21-11-17-14-28-10-9-16(17)12-22(21)32-19-5-3-18(4-6-19)29-13-15-1-7-20(8-2-15)33(30,31)23(25,26)27/h1-2,7-12,14,18-19,29H,3-6,13H2. The van der Waals surface area contributed by atoms with E-state index >= 15 is 0 Å². The monoisotopic (exact) mass is 498 g/mol. The molecule has 1 aromatic heterocycles. The molecule has 0 spiro atoms. The Kier molecular flexibility index (Phi) is 6.83. The number of fused-ring (bicyclic) bond motifs is 1. The number of benzene rings is 2. The molecule has 176 valence electrons. The number of nitrogens with zero attached hydrogens (tertiary/aromatic N) is 1. The Bertz CT molecular complexity index is 1230. The van der Waals surface area contributed by atoms with Crippen LogP contribution in [0.25, 0.3) is 10.8 Å². The highest BCUT2D eigenvalue weighted by Gasteiger charge is 2.46. The minimum atomic E-state index is -5.32. The van der Waals surface area contributed by atoms with Gasteiger partial charge in [0.05, 0.1) is 16.0 Å². The Hall–Kier alpha value is -2.36. The van der Waals surface area contributed by atoms with Crippen molar-refractivity contribution >= 4 is 32.2 Å². The normalized spacial score (nSPS) is 19.5. The zero-order valence-electron chi connectivity index (χ0n) is 17.5. The van der Waals surface area contributed by atoms with Crippen molar-refractivity contribution in [3.8, 4) is 5.75 Å². The maximum absolute atomic E-state index is 12.7. The Morgan fingerprint density at radius 1 is 1.03 bits per heavy atom. The van der Waals surface area contributed by atoms with E-state index in [-0.39, 0.29) is 12.1 Å². The van der Waals surface area contributed by atoms with Gasteiger partial charge in [-0.1, -0.05) is 23.7 Å². The van der Waals surface area contributed by atoms with Crippen LogP contribution in [-0.2, 0) is 16.4 Å². The van der Waals surface area contributed by atoms with Crippen LogP contribution in [0.3, 0.4) is 0 Å². The number of halogens is 4. The van der Waals surface area contributed by atoms with Crippen LogP contribution in [0.5, 0.6) is 5.75 Å². The number of alkyl halides is 3. The van der Waals surface area contributed by atoms with Crippen LogP contribution in [-0.4, -0.2) is 31.1 Å². The number of hydrogen-bond acceptors (Lipinski definition) is 5. The summed E-state index contributed by atoms with van der Waals surface area (Å²) in [5, 5.41) is 5.89. The van der Waals surface area contributed by atoms with Crippen LogP contribution in [0, 0.1) is 0 Å². The molecular weight excluding hydrogens is 477 g/mol. The maximum atomic E-state index is 12.7. The second-order valence-corrected chi connectivity index (χ2v) is 10.4. The highest BCUT2D eigenvalue weighted by molar-refractivity contribution is 7.92. The molecule has 1 heterocycles. The quantitative estimate of drug-likeness (QED) is 0.475. The summed E-state index contributed by atoms with van der Waals surface area (Å²) >= 11 is 6.37. The number of nitrogens with one attached hydrogen (secondary N) is 1. The van der Waals surface area contributed by atoms with Crippen molar-refractivity contribution in [3.63, 3.8) is 0 Å². The van der Waals surface area contributed by atoms with E-state index < -0.39 is 20.2 Å². The van der Waals surface area contributed by atoms with Gasteiger partial charge in [-0.15, -0.1) is 0 Å². The Morgan fingerprint density at radius 2 is 1.73 bits per heavy atom. The van der Waals surface area contributed by atoms with E-state index in [1.807, 2.05) is 18.2 Å². The summed E-state index contributed by atoms with van der Waals surface area (Å²) in [5.74, 6) is 0.653. The average Bonchev–Trinajstić information content (AvgIpc) is 2.78. The summed E-state index contributed by atoms with van der Waals surface area (Å²) in [5.41, 5.74) is -4.59. The fourth-order valence-electron chi connectivity index (χ4n) is 3.92. The third-order valence-electron chi connectivity index (χ3n) is 5.79. The van der Waals surface area contributed by atoms with Gasteiger partial charge in [-0.3, -0.25) is 4.98 Å². The lowest BCUT2D eigenvalue weighted by molar-refractivity contribution is -0.0436. The van der Waals surface area contributed by atoms with Crippen molar-refractivity contribution < 1.29 is 26.3 Å². The lowest BCUT2D eigenvalue weighted by Gasteiger charge is -2.30. The third-order valence-corrected chi connectivity index (χ3v) is 7.59. The molecule has 0 radical (unpaired) electrons. The van der Waals surface area contributed by atoms with Gasteiger partial charge in [-0.2, -0.15) is 13.2 Å². The van der Waals surface area contributed by atoms with E-state index in [2.05, 4.69) is 10.3 Å². The lowest BCUT2D eigenvalue weighted by Crippen LogP contribution is -2.36. The average molecular weight is 499 g/mol. The summed E-state index contributed by atoms with van der Waals surface area (Å²) < 4.78 is 67.0. The van der Waals surface area contributed by atoms with Crippen molar-refractivity contribution in [3.05, 3.63) is 65.4 Å². The summed E-state index contributed by atoms with van der Waals surface area (Å²) in [6.45, 7) is 0.438. The molecule has 4 rings (SSSR count). The van der Waals surface area contributed by atoms with Crippen molar-refractivity contribution in [1.29, 1.82) is 0 Å². The molecule has 0 unspecified atom stereocenters. The highest BCUT2D eigenvalue weighted by atomic mass is 35.5. The minimum absolute atomic E-state index is 0.0479. The Labute approximate surface area is 194 Å². The van der Waals surface area contributed by atoms with E-state index in [4.69, 9.17) is 16.3 Å². The molecule has 3 aromatic rings. The summed E-state index contributed by atoms with van der Waals surface area (Å²) in [6.07, 6.45) is 6.95. The molecule has 0 bridgehead atoms. The van der Waals surface area contributed by atoms with E-state index in [0.717, 1.165) is 48.6 Å². The fourth-order valence-corrected chi connectivity index (χ4v) is 4.90. The number of hydrogen-bond donors (Lipinski definition) is 1. The minimum Gasteiger partial charge on any atom is -0.489 e. The van der Waals surface area contributed by atoms with Crippen molar-refractivity contribution in [1.82, 2.24) is 10.3 Å². The molecule has 0 atom stereocenters. The smallest absolute Gasteiger partial charge is 0.489 e. The molecule has 0 amide bonds. The lowest BCUT2D eigenvalue weighted by atomic mass is 9.92. The molecule has 1 fully saturated rings. The molecule has 0 aliphatic heterocycles. The van der Waals surface area contributed by atoms with E-state index in [9.17, 15) is 21.6 Å².